The molecule has 0 fully saturated rings. The van der Waals surface area contributed by atoms with Crippen LogP contribution in [0.5, 0.6) is 5.88 Å². The average Bonchev–Trinajstić information content (AvgIpc) is 3.07. The van der Waals surface area contributed by atoms with Crippen molar-refractivity contribution >= 4 is 22.5 Å². The molecule has 0 saturated heterocycles. The molecule has 1 heterocycles. The maximum absolute atomic E-state index is 12.1. The molecule has 0 saturated carbocycles. The molecule has 0 spiro atoms. The fourth-order valence-electron chi connectivity index (χ4n) is 3.08. The van der Waals surface area contributed by atoms with Crippen molar-refractivity contribution in [2.24, 2.45) is 0 Å². The summed E-state index contributed by atoms with van der Waals surface area (Å²) in [6.45, 7) is -0.0852. The highest BCUT2D eigenvalue weighted by atomic mass is 16.5. The third-order valence-electron chi connectivity index (χ3n) is 4.23. The predicted molar refractivity (Wildman–Crippen MR) is 92.1 cm³/mol. The predicted octanol–water partition coefficient (Wildman–Crippen LogP) is 3.14. The topological polar surface area (TPSA) is 64.1 Å². The zero-order valence-corrected chi connectivity index (χ0v) is 13.2. The van der Waals surface area contributed by atoms with E-state index in [4.69, 9.17) is 4.74 Å². The van der Waals surface area contributed by atoms with Crippen LogP contribution in [-0.4, -0.2) is 22.5 Å². The highest BCUT2D eigenvalue weighted by Crippen LogP contribution is 2.25. The van der Waals surface area contributed by atoms with E-state index in [-0.39, 0.29) is 12.5 Å². The quantitative estimate of drug-likeness (QED) is 0.802. The number of aromatic nitrogens is 2. The van der Waals surface area contributed by atoms with Gasteiger partial charge in [0.25, 0.3) is 5.91 Å². The first-order chi connectivity index (χ1) is 11.8. The van der Waals surface area contributed by atoms with Crippen molar-refractivity contribution in [1.29, 1.82) is 0 Å². The van der Waals surface area contributed by atoms with Crippen LogP contribution in [0, 0.1) is 0 Å². The molecule has 1 aromatic heterocycles. The molecular formula is C19H17N3O2. The Morgan fingerprint density at radius 3 is 2.92 bits per heavy atom. The van der Waals surface area contributed by atoms with Gasteiger partial charge >= 0.3 is 0 Å². The van der Waals surface area contributed by atoms with Gasteiger partial charge in [-0.2, -0.15) is 0 Å². The maximum atomic E-state index is 12.1. The van der Waals surface area contributed by atoms with Crippen LogP contribution in [0.4, 0.5) is 5.69 Å². The van der Waals surface area contributed by atoms with E-state index in [1.165, 1.54) is 23.9 Å². The number of aryl methyl sites for hydroxylation is 2. The number of fused-ring (bicyclic) bond motifs is 2. The molecule has 0 aliphatic heterocycles. The summed E-state index contributed by atoms with van der Waals surface area (Å²) in [7, 11) is 0. The van der Waals surface area contributed by atoms with Gasteiger partial charge in [-0.3, -0.25) is 4.79 Å². The minimum absolute atomic E-state index is 0.0852. The molecule has 1 aliphatic rings. The van der Waals surface area contributed by atoms with Crippen LogP contribution < -0.4 is 10.1 Å². The molecule has 1 aliphatic carbocycles. The summed E-state index contributed by atoms with van der Waals surface area (Å²) in [6, 6.07) is 13.7. The lowest BCUT2D eigenvalue weighted by Gasteiger charge is -2.09. The zero-order chi connectivity index (χ0) is 16.4. The Morgan fingerprint density at radius 1 is 1.08 bits per heavy atom. The summed E-state index contributed by atoms with van der Waals surface area (Å²) in [5, 5.41) is 3.68. The third kappa shape index (κ3) is 2.93. The number of ether oxygens (including phenoxy) is 1. The van der Waals surface area contributed by atoms with E-state index >= 15 is 0 Å². The standard InChI is InChI=1S/C19H17N3O2/c23-18(22-15-9-8-13-4-3-5-14(13)10-15)11-24-19-16-6-1-2-7-17(16)20-12-21-19/h1-2,6-10,12H,3-5,11H2,(H,22,23). The molecular weight excluding hydrogens is 302 g/mol. The molecule has 0 atom stereocenters. The van der Waals surface area contributed by atoms with Crippen molar-refractivity contribution in [3.8, 4) is 5.88 Å². The fraction of sp³-hybridized carbons (Fsp3) is 0.211. The van der Waals surface area contributed by atoms with E-state index in [0.717, 1.165) is 29.4 Å². The lowest BCUT2D eigenvalue weighted by atomic mass is 10.1. The number of carbonyl (C=O) groups excluding carboxylic acids is 1. The van der Waals surface area contributed by atoms with E-state index in [0.29, 0.717) is 5.88 Å². The first-order valence-corrected chi connectivity index (χ1v) is 8.04. The zero-order valence-electron chi connectivity index (χ0n) is 13.2. The Labute approximate surface area is 139 Å². The van der Waals surface area contributed by atoms with E-state index < -0.39 is 0 Å². The molecule has 0 unspecified atom stereocenters. The summed E-state index contributed by atoms with van der Waals surface area (Å²) in [5.74, 6) is 0.223. The fourth-order valence-corrected chi connectivity index (χ4v) is 3.08. The van der Waals surface area contributed by atoms with Gasteiger partial charge in [-0.1, -0.05) is 18.2 Å². The third-order valence-corrected chi connectivity index (χ3v) is 4.23. The summed E-state index contributed by atoms with van der Waals surface area (Å²) >= 11 is 0. The van der Waals surface area contributed by atoms with Crippen molar-refractivity contribution in [1.82, 2.24) is 9.97 Å². The van der Waals surface area contributed by atoms with Gasteiger partial charge in [-0.15, -0.1) is 0 Å². The first kappa shape index (κ1) is 14.6. The molecule has 2 aromatic carbocycles. The molecule has 0 bridgehead atoms. The van der Waals surface area contributed by atoms with Crippen molar-refractivity contribution < 1.29 is 9.53 Å². The number of hydrogen-bond acceptors (Lipinski definition) is 4. The number of nitrogens with zero attached hydrogens (tertiary/aromatic N) is 2. The highest BCUT2D eigenvalue weighted by Gasteiger charge is 2.12. The Morgan fingerprint density at radius 2 is 1.96 bits per heavy atom. The second-order valence-corrected chi connectivity index (χ2v) is 5.87. The van der Waals surface area contributed by atoms with Crippen LogP contribution in [-0.2, 0) is 17.6 Å². The Bertz CT molecular complexity index is 903. The van der Waals surface area contributed by atoms with Crippen molar-refractivity contribution in [2.75, 3.05) is 11.9 Å². The molecule has 1 N–H and O–H groups in total. The molecule has 3 aromatic rings. The number of para-hydroxylation sites is 1. The van der Waals surface area contributed by atoms with Gasteiger partial charge in [-0.25, -0.2) is 9.97 Å². The van der Waals surface area contributed by atoms with Crippen LogP contribution in [0.3, 0.4) is 0 Å². The van der Waals surface area contributed by atoms with Gasteiger partial charge in [0.05, 0.1) is 10.9 Å². The van der Waals surface area contributed by atoms with Crippen LogP contribution in [0.15, 0.2) is 48.8 Å². The van der Waals surface area contributed by atoms with Gasteiger partial charge in [0, 0.05) is 5.69 Å². The van der Waals surface area contributed by atoms with Crippen molar-refractivity contribution in [3.05, 3.63) is 59.9 Å². The number of carbonyl (C=O) groups is 1. The average molecular weight is 319 g/mol. The van der Waals surface area contributed by atoms with Crippen LogP contribution in [0.1, 0.15) is 17.5 Å². The van der Waals surface area contributed by atoms with Gasteiger partial charge in [-0.05, 0) is 54.7 Å². The van der Waals surface area contributed by atoms with Gasteiger partial charge in [0.15, 0.2) is 6.61 Å². The largest absolute Gasteiger partial charge is 0.467 e. The second kappa shape index (κ2) is 6.28. The Balaban J connectivity index is 1.43. The number of benzene rings is 2. The minimum Gasteiger partial charge on any atom is -0.467 e. The monoisotopic (exact) mass is 319 g/mol. The number of anilines is 1. The smallest absolute Gasteiger partial charge is 0.262 e. The molecule has 120 valence electrons. The Kier molecular flexibility index (Phi) is 3.83. The normalized spacial score (nSPS) is 12.8. The maximum Gasteiger partial charge on any atom is 0.262 e. The van der Waals surface area contributed by atoms with Gasteiger partial charge in [0.2, 0.25) is 5.88 Å². The van der Waals surface area contributed by atoms with E-state index in [1.54, 1.807) is 0 Å². The number of amides is 1. The summed E-state index contributed by atoms with van der Waals surface area (Å²) < 4.78 is 5.58. The number of nitrogens with one attached hydrogen (secondary N) is 1. The summed E-state index contributed by atoms with van der Waals surface area (Å²) in [5.41, 5.74) is 4.32. The molecule has 24 heavy (non-hydrogen) atoms. The molecule has 4 rings (SSSR count). The summed E-state index contributed by atoms with van der Waals surface area (Å²) in [4.78, 5) is 20.4. The molecule has 5 nitrogen and oxygen atoms in total. The van der Waals surface area contributed by atoms with E-state index in [9.17, 15) is 4.79 Å². The SMILES string of the molecule is O=C(COc1ncnc2ccccc12)Nc1ccc2c(c1)CCC2. The number of rotatable bonds is 4. The van der Waals surface area contributed by atoms with Crippen molar-refractivity contribution in [3.63, 3.8) is 0 Å². The molecule has 1 amide bonds. The van der Waals surface area contributed by atoms with E-state index in [1.807, 2.05) is 30.3 Å². The molecule has 0 radical (unpaired) electrons. The van der Waals surface area contributed by atoms with Crippen molar-refractivity contribution in [2.45, 2.75) is 19.3 Å². The minimum atomic E-state index is -0.198. The van der Waals surface area contributed by atoms with Crippen LogP contribution >= 0.6 is 0 Å². The second-order valence-electron chi connectivity index (χ2n) is 5.87. The van der Waals surface area contributed by atoms with Gasteiger partial charge in [0.1, 0.15) is 6.33 Å². The lowest BCUT2D eigenvalue weighted by Crippen LogP contribution is -2.20. The van der Waals surface area contributed by atoms with Crippen LogP contribution in [0.25, 0.3) is 10.9 Å². The lowest BCUT2D eigenvalue weighted by molar-refractivity contribution is -0.118. The molecule has 5 heteroatoms. The number of hydrogen-bond donors (Lipinski definition) is 1. The van der Waals surface area contributed by atoms with Crippen LogP contribution in [0.2, 0.25) is 0 Å². The first-order valence-electron chi connectivity index (χ1n) is 8.04. The van der Waals surface area contributed by atoms with E-state index in [2.05, 4.69) is 27.4 Å². The highest BCUT2D eigenvalue weighted by molar-refractivity contribution is 5.92. The van der Waals surface area contributed by atoms with Gasteiger partial charge < -0.3 is 10.1 Å². The Hall–Kier alpha value is -2.95. The summed E-state index contributed by atoms with van der Waals surface area (Å²) in [6.07, 6.45) is 4.85.